The van der Waals surface area contributed by atoms with Gasteiger partial charge in [0.1, 0.15) is 0 Å². The summed E-state index contributed by atoms with van der Waals surface area (Å²) in [6, 6.07) is 3.39. The van der Waals surface area contributed by atoms with Crippen molar-refractivity contribution in [2.45, 2.75) is 19.4 Å². The van der Waals surface area contributed by atoms with Crippen LogP contribution in [-0.4, -0.2) is 29.1 Å². The first-order valence-electron chi connectivity index (χ1n) is 5.34. The Kier molecular flexibility index (Phi) is 3.59. The molecule has 0 atom stereocenters. The minimum Gasteiger partial charge on any atom is -0.313 e. The third-order valence-corrected chi connectivity index (χ3v) is 3.27. The van der Waals surface area contributed by atoms with E-state index in [9.17, 15) is 4.79 Å². The molecule has 0 N–H and O–H groups in total. The van der Waals surface area contributed by atoms with Gasteiger partial charge >= 0.3 is 0 Å². The SMILES string of the molecule is O=c1ccc(Br)cn1CCN1CCCC1. The lowest BCUT2D eigenvalue weighted by atomic mass is 10.4. The lowest BCUT2D eigenvalue weighted by Crippen LogP contribution is -2.28. The average Bonchev–Trinajstić information content (AvgIpc) is 2.72. The van der Waals surface area contributed by atoms with E-state index in [1.54, 1.807) is 16.7 Å². The smallest absolute Gasteiger partial charge is 0.250 e. The van der Waals surface area contributed by atoms with E-state index >= 15 is 0 Å². The van der Waals surface area contributed by atoms with E-state index < -0.39 is 0 Å². The first-order chi connectivity index (χ1) is 7.25. The summed E-state index contributed by atoms with van der Waals surface area (Å²) in [6.45, 7) is 4.14. The molecule has 82 valence electrons. The van der Waals surface area contributed by atoms with Crippen LogP contribution in [0.5, 0.6) is 0 Å². The third kappa shape index (κ3) is 2.92. The molecule has 1 saturated heterocycles. The van der Waals surface area contributed by atoms with Gasteiger partial charge in [-0.15, -0.1) is 0 Å². The molecule has 4 heteroatoms. The Morgan fingerprint density at radius 2 is 1.93 bits per heavy atom. The molecule has 2 heterocycles. The van der Waals surface area contributed by atoms with E-state index in [2.05, 4.69) is 20.8 Å². The number of likely N-dealkylation sites (tertiary alicyclic amines) is 1. The van der Waals surface area contributed by atoms with Crippen molar-refractivity contribution < 1.29 is 0 Å². The molecule has 1 aliphatic rings. The zero-order valence-corrected chi connectivity index (χ0v) is 10.2. The van der Waals surface area contributed by atoms with E-state index in [1.807, 2.05) is 6.20 Å². The highest BCUT2D eigenvalue weighted by Gasteiger charge is 2.10. The van der Waals surface area contributed by atoms with Crippen LogP contribution >= 0.6 is 15.9 Å². The van der Waals surface area contributed by atoms with Crippen molar-refractivity contribution in [3.05, 3.63) is 33.2 Å². The summed E-state index contributed by atoms with van der Waals surface area (Å²) in [7, 11) is 0. The molecule has 15 heavy (non-hydrogen) atoms. The van der Waals surface area contributed by atoms with Crippen LogP contribution in [0.4, 0.5) is 0 Å². The average molecular weight is 271 g/mol. The largest absolute Gasteiger partial charge is 0.313 e. The van der Waals surface area contributed by atoms with Crippen LogP contribution in [0.1, 0.15) is 12.8 Å². The number of hydrogen-bond donors (Lipinski definition) is 0. The standard InChI is InChI=1S/C11H15BrN2O/c12-10-3-4-11(15)14(9-10)8-7-13-5-1-2-6-13/h3-4,9H,1-2,5-8H2. The molecule has 1 aromatic rings. The van der Waals surface area contributed by atoms with Crippen molar-refractivity contribution in [3.63, 3.8) is 0 Å². The number of rotatable bonds is 3. The highest BCUT2D eigenvalue weighted by Crippen LogP contribution is 2.08. The fourth-order valence-corrected chi connectivity index (χ4v) is 2.31. The summed E-state index contributed by atoms with van der Waals surface area (Å²) in [5.74, 6) is 0. The molecular formula is C11H15BrN2O. The molecule has 0 bridgehead atoms. The Balaban J connectivity index is 1.97. The molecule has 3 nitrogen and oxygen atoms in total. The van der Waals surface area contributed by atoms with Gasteiger partial charge in [0.2, 0.25) is 0 Å². The van der Waals surface area contributed by atoms with Gasteiger partial charge in [-0.25, -0.2) is 0 Å². The van der Waals surface area contributed by atoms with Crippen LogP contribution in [0.15, 0.2) is 27.6 Å². The maximum atomic E-state index is 11.5. The molecule has 0 amide bonds. The van der Waals surface area contributed by atoms with E-state index in [1.165, 1.54) is 25.9 Å². The second-order valence-corrected chi connectivity index (χ2v) is 4.84. The normalized spacial score (nSPS) is 17.1. The van der Waals surface area contributed by atoms with E-state index in [0.717, 1.165) is 17.6 Å². The Hall–Kier alpha value is -0.610. The predicted molar refractivity (Wildman–Crippen MR) is 64.1 cm³/mol. The van der Waals surface area contributed by atoms with Crippen molar-refractivity contribution in [2.24, 2.45) is 0 Å². The number of nitrogens with zero attached hydrogens (tertiary/aromatic N) is 2. The predicted octanol–water partition coefficient (Wildman–Crippen LogP) is 1.71. The van der Waals surface area contributed by atoms with Gasteiger partial charge in [-0.3, -0.25) is 4.79 Å². The highest BCUT2D eigenvalue weighted by molar-refractivity contribution is 9.10. The van der Waals surface area contributed by atoms with Crippen molar-refractivity contribution in [1.29, 1.82) is 0 Å². The zero-order chi connectivity index (χ0) is 10.7. The maximum Gasteiger partial charge on any atom is 0.250 e. The van der Waals surface area contributed by atoms with Crippen molar-refractivity contribution in [1.82, 2.24) is 9.47 Å². The van der Waals surface area contributed by atoms with Crippen LogP contribution in [0.25, 0.3) is 0 Å². The van der Waals surface area contributed by atoms with Gasteiger partial charge in [0, 0.05) is 29.8 Å². The fraction of sp³-hybridized carbons (Fsp3) is 0.545. The molecule has 2 rings (SSSR count). The van der Waals surface area contributed by atoms with Gasteiger partial charge < -0.3 is 9.47 Å². The molecule has 0 aromatic carbocycles. The highest BCUT2D eigenvalue weighted by atomic mass is 79.9. The van der Waals surface area contributed by atoms with Gasteiger partial charge in [-0.1, -0.05) is 0 Å². The number of hydrogen-bond acceptors (Lipinski definition) is 2. The van der Waals surface area contributed by atoms with Gasteiger partial charge in [0.15, 0.2) is 0 Å². The second kappa shape index (κ2) is 4.94. The Morgan fingerprint density at radius 3 is 2.67 bits per heavy atom. The van der Waals surface area contributed by atoms with Crippen LogP contribution in [0, 0.1) is 0 Å². The number of aromatic nitrogens is 1. The van der Waals surface area contributed by atoms with Crippen LogP contribution in [0.2, 0.25) is 0 Å². The minimum absolute atomic E-state index is 0.0809. The molecule has 1 fully saturated rings. The lowest BCUT2D eigenvalue weighted by molar-refractivity contribution is 0.320. The summed E-state index contributed by atoms with van der Waals surface area (Å²) < 4.78 is 2.73. The second-order valence-electron chi connectivity index (χ2n) is 3.93. The topological polar surface area (TPSA) is 25.2 Å². The van der Waals surface area contributed by atoms with E-state index in [4.69, 9.17) is 0 Å². The minimum atomic E-state index is 0.0809. The summed E-state index contributed by atoms with van der Waals surface area (Å²) >= 11 is 3.38. The van der Waals surface area contributed by atoms with E-state index in [0.29, 0.717) is 0 Å². The molecule has 0 spiro atoms. The molecule has 1 aliphatic heterocycles. The lowest BCUT2D eigenvalue weighted by Gasteiger charge is -2.15. The monoisotopic (exact) mass is 270 g/mol. The molecule has 0 unspecified atom stereocenters. The van der Waals surface area contributed by atoms with Gasteiger partial charge in [0.05, 0.1) is 0 Å². The molecule has 0 radical (unpaired) electrons. The third-order valence-electron chi connectivity index (χ3n) is 2.80. The van der Waals surface area contributed by atoms with E-state index in [-0.39, 0.29) is 5.56 Å². The summed E-state index contributed by atoms with van der Waals surface area (Å²) in [6.07, 6.45) is 4.46. The Bertz CT molecular complexity index is 382. The molecule has 1 aromatic heterocycles. The quantitative estimate of drug-likeness (QED) is 0.836. The Morgan fingerprint density at radius 1 is 1.20 bits per heavy atom. The Labute approximate surface area is 97.8 Å². The summed E-state index contributed by atoms with van der Waals surface area (Å²) in [5.41, 5.74) is 0.0809. The zero-order valence-electron chi connectivity index (χ0n) is 8.66. The first kappa shape index (κ1) is 10.9. The summed E-state index contributed by atoms with van der Waals surface area (Å²) in [4.78, 5) is 13.9. The number of halogens is 1. The molecule has 0 aliphatic carbocycles. The summed E-state index contributed by atoms with van der Waals surface area (Å²) in [5, 5.41) is 0. The van der Waals surface area contributed by atoms with Crippen molar-refractivity contribution in [3.8, 4) is 0 Å². The van der Waals surface area contributed by atoms with Crippen LogP contribution in [-0.2, 0) is 6.54 Å². The molecule has 0 saturated carbocycles. The van der Waals surface area contributed by atoms with Gasteiger partial charge in [-0.2, -0.15) is 0 Å². The first-order valence-corrected chi connectivity index (χ1v) is 6.13. The van der Waals surface area contributed by atoms with Crippen molar-refractivity contribution >= 4 is 15.9 Å². The number of pyridine rings is 1. The van der Waals surface area contributed by atoms with Crippen molar-refractivity contribution in [2.75, 3.05) is 19.6 Å². The van der Waals surface area contributed by atoms with Crippen LogP contribution < -0.4 is 5.56 Å². The molecular weight excluding hydrogens is 256 g/mol. The van der Waals surface area contributed by atoms with Gasteiger partial charge in [-0.05, 0) is 47.9 Å². The van der Waals surface area contributed by atoms with Crippen LogP contribution in [0.3, 0.4) is 0 Å². The fourth-order valence-electron chi connectivity index (χ4n) is 1.93. The van der Waals surface area contributed by atoms with Gasteiger partial charge in [0.25, 0.3) is 5.56 Å². The maximum absolute atomic E-state index is 11.5.